The second-order valence-corrected chi connectivity index (χ2v) is 8.72. The van der Waals surface area contributed by atoms with E-state index in [1.54, 1.807) is 6.92 Å². The van der Waals surface area contributed by atoms with E-state index in [9.17, 15) is 4.79 Å². The van der Waals surface area contributed by atoms with Crippen LogP contribution in [-0.2, 0) is 4.79 Å². The molecule has 9 nitrogen and oxygen atoms in total. The molecule has 0 radical (unpaired) electrons. The topological polar surface area (TPSA) is 132 Å². The number of benzene rings is 1. The van der Waals surface area contributed by atoms with E-state index in [0.29, 0.717) is 41.4 Å². The predicted octanol–water partition coefficient (Wildman–Crippen LogP) is 3.19. The normalized spacial score (nSPS) is 16.3. The molecule has 0 unspecified atom stereocenters. The number of aliphatic imine (C=N–C) groups is 1. The third-order valence-corrected chi connectivity index (χ3v) is 5.84. The maximum absolute atomic E-state index is 11.6. The van der Waals surface area contributed by atoms with Crippen molar-refractivity contribution < 1.29 is 4.79 Å². The van der Waals surface area contributed by atoms with Crippen molar-refractivity contribution in [3.8, 4) is 0 Å². The monoisotopic (exact) mass is 454 g/mol. The summed E-state index contributed by atoms with van der Waals surface area (Å²) in [7, 11) is 1.97. The summed E-state index contributed by atoms with van der Waals surface area (Å²) in [6.07, 6.45) is 1.78. The molecule has 2 aromatic rings. The first-order valence-electron chi connectivity index (χ1n) is 10.6. The molecule has 3 rings (SSSR count). The zero-order valence-corrected chi connectivity index (χ0v) is 19.5. The van der Waals surface area contributed by atoms with Gasteiger partial charge in [-0.05, 0) is 56.4 Å². The smallest absolute Gasteiger partial charge is 0.224 e. The van der Waals surface area contributed by atoms with Crippen LogP contribution in [-0.4, -0.2) is 53.6 Å². The Morgan fingerprint density at radius 1 is 1.34 bits per heavy atom. The number of likely N-dealkylation sites (N-methyl/N-ethyl adjacent to an activating group) is 1. The molecule has 5 N–H and O–H groups in total. The number of carbonyl (C=O) groups is 1. The molecule has 0 saturated carbocycles. The fourth-order valence-corrected chi connectivity index (χ4v) is 4.05. The number of nitrogens with zero attached hydrogens (tertiary/aromatic N) is 4. The number of hydrogen-bond donors (Lipinski definition) is 4. The molecule has 0 spiro atoms. The van der Waals surface area contributed by atoms with Crippen molar-refractivity contribution >= 4 is 46.5 Å². The lowest BCUT2D eigenvalue weighted by Gasteiger charge is -2.18. The number of hydrogen-bond acceptors (Lipinski definition) is 8. The Kier molecular flexibility index (Phi) is 8.18. The van der Waals surface area contributed by atoms with Crippen LogP contribution in [0.25, 0.3) is 0 Å². The van der Waals surface area contributed by atoms with Crippen molar-refractivity contribution in [2.45, 2.75) is 49.2 Å². The first kappa shape index (κ1) is 23.7. The number of amidine groups is 1. The van der Waals surface area contributed by atoms with Crippen LogP contribution in [0.2, 0.25) is 0 Å². The fourth-order valence-electron chi connectivity index (χ4n) is 3.29. The van der Waals surface area contributed by atoms with Crippen molar-refractivity contribution in [3.05, 3.63) is 30.3 Å². The second kappa shape index (κ2) is 11.1. The molecule has 1 fully saturated rings. The van der Waals surface area contributed by atoms with Gasteiger partial charge in [-0.1, -0.05) is 6.92 Å². The van der Waals surface area contributed by atoms with Crippen LogP contribution >= 0.6 is 11.8 Å². The van der Waals surface area contributed by atoms with Gasteiger partial charge in [-0.3, -0.25) is 4.79 Å². The summed E-state index contributed by atoms with van der Waals surface area (Å²) in [6, 6.07) is 9.84. The summed E-state index contributed by atoms with van der Waals surface area (Å²) in [6.45, 7) is 5.28. The molecule has 1 aromatic heterocycles. The van der Waals surface area contributed by atoms with Crippen LogP contribution in [0.5, 0.6) is 0 Å². The summed E-state index contributed by atoms with van der Waals surface area (Å²) in [5.74, 6) is 1.62. The van der Waals surface area contributed by atoms with Gasteiger partial charge in [-0.15, -0.1) is 0 Å². The molecule has 10 heteroatoms. The van der Waals surface area contributed by atoms with Crippen LogP contribution in [0, 0.1) is 5.41 Å². The number of amides is 1. The molecular weight excluding hydrogens is 424 g/mol. The van der Waals surface area contributed by atoms with Gasteiger partial charge in [-0.2, -0.15) is 0 Å². The maximum atomic E-state index is 11.6. The minimum Gasteiger partial charge on any atom is -0.387 e. The fraction of sp³-hybridized carbons (Fsp3) is 0.409. The molecule has 1 atom stereocenters. The van der Waals surface area contributed by atoms with Gasteiger partial charge in [0.15, 0.2) is 11.0 Å². The van der Waals surface area contributed by atoms with E-state index in [4.69, 9.17) is 16.1 Å². The molecular formula is C22H30N8OS. The van der Waals surface area contributed by atoms with Crippen molar-refractivity contribution in [1.82, 2.24) is 15.3 Å². The van der Waals surface area contributed by atoms with Gasteiger partial charge in [0.25, 0.3) is 0 Å². The third-order valence-electron chi connectivity index (χ3n) is 4.97. The Labute approximate surface area is 192 Å². The molecule has 2 heterocycles. The molecule has 0 aliphatic carbocycles. The molecule has 32 heavy (non-hydrogen) atoms. The molecule has 1 saturated heterocycles. The lowest BCUT2D eigenvalue weighted by atomic mass is 10.3. The second-order valence-electron chi connectivity index (χ2n) is 7.68. The van der Waals surface area contributed by atoms with E-state index in [1.807, 2.05) is 44.3 Å². The van der Waals surface area contributed by atoms with E-state index in [1.165, 1.54) is 11.8 Å². The third kappa shape index (κ3) is 6.76. The van der Waals surface area contributed by atoms with E-state index >= 15 is 0 Å². The van der Waals surface area contributed by atoms with Gasteiger partial charge in [0.2, 0.25) is 5.91 Å². The zero-order chi connectivity index (χ0) is 23.1. The van der Waals surface area contributed by atoms with Gasteiger partial charge in [0, 0.05) is 54.3 Å². The van der Waals surface area contributed by atoms with Crippen LogP contribution in [0.15, 0.2) is 45.4 Å². The maximum Gasteiger partial charge on any atom is 0.224 e. The number of carbonyl (C=O) groups excluding carboxylic acids is 1. The summed E-state index contributed by atoms with van der Waals surface area (Å²) in [4.78, 5) is 28.5. The lowest BCUT2D eigenvalue weighted by Crippen LogP contribution is -2.29. The van der Waals surface area contributed by atoms with Crippen LogP contribution in [0.3, 0.4) is 0 Å². The van der Waals surface area contributed by atoms with E-state index in [0.717, 1.165) is 35.9 Å². The Bertz CT molecular complexity index is 992. The molecule has 0 bridgehead atoms. The van der Waals surface area contributed by atoms with Gasteiger partial charge in [-0.25, -0.2) is 15.0 Å². The summed E-state index contributed by atoms with van der Waals surface area (Å²) >= 11 is 1.43. The van der Waals surface area contributed by atoms with Gasteiger partial charge < -0.3 is 26.7 Å². The highest BCUT2D eigenvalue weighted by Gasteiger charge is 2.23. The first-order valence-corrected chi connectivity index (χ1v) is 11.4. The van der Waals surface area contributed by atoms with Crippen molar-refractivity contribution in [1.29, 1.82) is 5.41 Å². The zero-order valence-electron chi connectivity index (χ0n) is 18.7. The average Bonchev–Trinajstić information content (AvgIpc) is 3.23. The van der Waals surface area contributed by atoms with Crippen LogP contribution < -0.4 is 21.3 Å². The highest BCUT2D eigenvalue weighted by molar-refractivity contribution is 7.99. The van der Waals surface area contributed by atoms with Crippen LogP contribution in [0.1, 0.15) is 33.1 Å². The van der Waals surface area contributed by atoms with Gasteiger partial charge in [0.1, 0.15) is 11.7 Å². The van der Waals surface area contributed by atoms with Gasteiger partial charge >= 0.3 is 0 Å². The predicted molar refractivity (Wildman–Crippen MR) is 130 cm³/mol. The SMILES string of the molecule is CCC(=O)Nc1ccc(Sc2nc(N=C(N)CC(C)=N)cc(N3CC[C@H](NC)C3)n2)cc1. The van der Waals surface area contributed by atoms with Crippen molar-refractivity contribution in [3.63, 3.8) is 0 Å². The van der Waals surface area contributed by atoms with Crippen LogP contribution in [0.4, 0.5) is 17.3 Å². The molecule has 1 aliphatic rings. The number of aromatic nitrogens is 2. The number of nitrogens with two attached hydrogens (primary N) is 1. The Morgan fingerprint density at radius 2 is 2.09 bits per heavy atom. The minimum absolute atomic E-state index is 0.0211. The highest BCUT2D eigenvalue weighted by atomic mass is 32.2. The van der Waals surface area contributed by atoms with Crippen molar-refractivity contribution in [2.75, 3.05) is 30.4 Å². The molecule has 1 aromatic carbocycles. The summed E-state index contributed by atoms with van der Waals surface area (Å²) in [5.41, 5.74) is 7.21. The lowest BCUT2D eigenvalue weighted by molar-refractivity contribution is -0.115. The highest BCUT2D eigenvalue weighted by Crippen LogP contribution is 2.30. The Hall–Kier alpha value is -2.98. The average molecular weight is 455 g/mol. The largest absolute Gasteiger partial charge is 0.387 e. The minimum atomic E-state index is -0.0211. The van der Waals surface area contributed by atoms with E-state index in [2.05, 4.69) is 25.5 Å². The quantitative estimate of drug-likeness (QED) is 0.260. The Balaban J connectivity index is 1.85. The Morgan fingerprint density at radius 3 is 2.72 bits per heavy atom. The number of anilines is 2. The molecule has 1 amide bonds. The summed E-state index contributed by atoms with van der Waals surface area (Å²) in [5, 5.41) is 14.4. The first-order chi connectivity index (χ1) is 15.4. The standard InChI is InChI=1S/C22H30N8OS/c1-4-21(31)26-15-5-7-17(8-6-15)32-22-28-19(27-18(24)11-14(2)23)12-20(29-22)30-10-9-16(13-30)25-3/h5-8,12,16,23,25H,4,9-11,13H2,1-3H3,(H,26,31)(H2,24,27,28,29)/t16-/m0/s1. The molecule has 1 aliphatic heterocycles. The number of nitrogens with one attached hydrogen (secondary N) is 3. The van der Waals surface area contributed by atoms with E-state index < -0.39 is 0 Å². The summed E-state index contributed by atoms with van der Waals surface area (Å²) < 4.78 is 0. The van der Waals surface area contributed by atoms with Gasteiger partial charge in [0.05, 0.1) is 0 Å². The number of rotatable bonds is 9. The van der Waals surface area contributed by atoms with E-state index in [-0.39, 0.29) is 5.91 Å². The molecule has 170 valence electrons. The van der Waals surface area contributed by atoms with Crippen molar-refractivity contribution in [2.24, 2.45) is 10.7 Å².